The summed E-state index contributed by atoms with van der Waals surface area (Å²) in [6.07, 6.45) is 12.0. The van der Waals surface area contributed by atoms with E-state index in [2.05, 4.69) is 12.8 Å². The van der Waals surface area contributed by atoms with Gasteiger partial charge >= 0.3 is 0 Å². The van der Waals surface area contributed by atoms with E-state index in [-0.39, 0.29) is 0 Å². The molecule has 1 heteroatoms. The molecular weight excluding hydrogens is 136 g/mol. The lowest BCUT2D eigenvalue weighted by molar-refractivity contribution is 0.108. The highest BCUT2D eigenvalue weighted by molar-refractivity contribution is 4.99. The zero-order valence-electron chi connectivity index (χ0n) is 7.48. The molecule has 0 rings (SSSR count). The summed E-state index contributed by atoms with van der Waals surface area (Å²) in [5.74, 6) is 2.12. The second-order valence-electron chi connectivity index (χ2n) is 3.21. The minimum absolute atomic E-state index is 0.663. The molecule has 0 aliphatic rings. The van der Waals surface area contributed by atoms with Crippen molar-refractivity contribution in [3.8, 4) is 5.92 Å². The topological polar surface area (TPSA) is 20.2 Å². The third kappa shape index (κ3) is 5.94. The van der Waals surface area contributed by atoms with Crippen molar-refractivity contribution in [2.75, 3.05) is 0 Å². The highest BCUT2D eigenvalue weighted by Gasteiger charge is 2.14. The summed E-state index contributed by atoms with van der Waals surface area (Å²) in [5.41, 5.74) is -0.992. The normalized spacial score (nSPS) is 15.5. The maximum absolute atomic E-state index is 9.32. The Morgan fingerprint density at radius 2 is 2.00 bits per heavy atom. The molecule has 1 atom stereocenters. The van der Waals surface area contributed by atoms with E-state index in [0.29, 0.717) is 6.42 Å². The number of hydrogen-bond donors (Lipinski definition) is 1. The first-order chi connectivity index (χ1) is 5.12. The molecule has 0 aromatic rings. The van der Waals surface area contributed by atoms with E-state index in [4.69, 9.17) is 6.42 Å². The third-order valence-corrected chi connectivity index (χ3v) is 1.79. The van der Waals surface area contributed by atoms with Crippen molar-refractivity contribution in [3.63, 3.8) is 0 Å². The molecule has 0 aliphatic heterocycles. The average molecular weight is 153 g/mol. The quantitative estimate of drug-likeness (QED) is 0.474. The van der Waals surface area contributed by atoms with Gasteiger partial charge in [0, 0.05) is 0 Å². The van der Waals surface area contributed by atoms with Crippen molar-refractivity contribution in [3.05, 3.63) is 6.42 Å². The molecule has 0 fully saturated rings. The largest absolute Gasteiger partial charge is 0.378 e. The maximum Gasteiger partial charge on any atom is 0.123 e. The van der Waals surface area contributed by atoms with Crippen molar-refractivity contribution in [2.45, 2.75) is 51.6 Å². The highest BCUT2D eigenvalue weighted by Crippen LogP contribution is 2.13. The van der Waals surface area contributed by atoms with Gasteiger partial charge in [-0.1, -0.05) is 32.1 Å². The zero-order chi connectivity index (χ0) is 8.74. The van der Waals surface area contributed by atoms with Crippen LogP contribution in [0.15, 0.2) is 0 Å². The highest BCUT2D eigenvalue weighted by atomic mass is 16.3. The second-order valence-corrected chi connectivity index (χ2v) is 3.21. The number of aliphatic hydroxyl groups is 1. The molecule has 1 N–H and O–H groups in total. The van der Waals surface area contributed by atoms with Crippen LogP contribution in [0.1, 0.15) is 46.0 Å². The molecule has 0 saturated carbocycles. The molecule has 1 unspecified atom stereocenters. The molecule has 0 aromatic carbocycles. The SMILES string of the molecule is [C]#CC(C)(O)CCCCCC. The fourth-order valence-corrected chi connectivity index (χ4v) is 0.958. The zero-order valence-corrected chi connectivity index (χ0v) is 7.48. The van der Waals surface area contributed by atoms with Gasteiger partial charge in [0.25, 0.3) is 0 Å². The predicted molar refractivity (Wildman–Crippen MR) is 46.5 cm³/mol. The van der Waals surface area contributed by atoms with Gasteiger partial charge in [0.15, 0.2) is 0 Å². The molecule has 0 bridgehead atoms. The van der Waals surface area contributed by atoms with Crippen LogP contribution in [-0.4, -0.2) is 10.7 Å². The first-order valence-corrected chi connectivity index (χ1v) is 4.28. The summed E-state index contributed by atoms with van der Waals surface area (Å²) < 4.78 is 0. The van der Waals surface area contributed by atoms with Gasteiger partial charge in [0.2, 0.25) is 0 Å². The fraction of sp³-hybridized carbons (Fsp3) is 0.800. The predicted octanol–water partition coefficient (Wildman–Crippen LogP) is 2.30. The lowest BCUT2D eigenvalue weighted by Gasteiger charge is -2.14. The monoisotopic (exact) mass is 153 g/mol. The summed E-state index contributed by atoms with van der Waals surface area (Å²) in [7, 11) is 0. The Balaban J connectivity index is 3.32. The Morgan fingerprint density at radius 1 is 1.36 bits per heavy atom. The summed E-state index contributed by atoms with van der Waals surface area (Å²) >= 11 is 0. The average Bonchev–Trinajstić information content (AvgIpc) is 1.99. The van der Waals surface area contributed by atoms with Gasteiger partial charge in [-0.15, -0.1) is 0 Å². The molecule has 0 spiro atoms. The molecule has 0 saturated heterocycles. The van der Waals surface area contributed by atoms with E-state index in [1.54, 1.807) is 6.92 Å². The van der Waals surface area contributed by atoms with Crippen molar-refractivity contribution in [2.24, 2.45) is 0 Å². The fourth-order valence-electron chi connectivity index (χ4n) is 0.958. The second kappa shape index (κ2) is 5.21. The van der Waals surface area contributed by atoms with E-state index < -0.39 is 5.60 Å². The summed E-state index contributed by atoms with van der Waals surface area (Å²) in [5, 5.41) is 9.32. The van der Waals surface area contributed by atoms with Crippen LogP contribution in [-0.2, 0) is 0 Å². The lowest BCUT2D eigenvalue weighted by Crippen LogP contribution is -2.20. The van der Waals surface area contributed by atoms with Crippen LogP contribution in [0.4, 0.5) is 0 Å². The Kier molecular flexibility index (Phi) is 4.98. The lowest BCUT2D eigenvalue weighted by atomic mass is 9.99. The van der Waals surface area contributed by atoms with Gasteiger partial charge in [0.05, 0.1) is 0 Å². The van der Waals surface area contributed by atoms with Crippen LogP contribution >= 0.6 is 0 Å². The molecular formula is C10H17O. The molecule has 1 radical (unpaired) electrons. The van der Waals surface area contributed by atoms with Gasteiger partial charge in [-0.25, -0.2) is 0 Å². The van der Waals surface area contributed by atoms with Crippen molar-refractivity contribution < 1.29 is 5.11 Å². The molecule has 0 aliphatic carbocycles. The Labute approximate surface area is 69.8 Å². The van der Waals surface area contributed by atoms with Crippen LogP contribution < -0.4 is 0 Å². The standard InChI is InChI=1S/C10H17O/c1-4-6-7-8-9-10(3,11)5-2/h11H,4,6-9H2,1,3H3. The summed E-state index contributed by atoms with van der Waals surface area (Å²) in [6, 6.07) is 0. The minimum Gasteiger partial charge on any atom is -0.378 e. The van der Waals surface area contributed by atoms with Crippen molar-refractivity contribution in [1.29, 1.82) is 0 Å². The molecule has 11 heavy (non-hydrogen) atoms. The van der Waals surface area contributed by atoms with Crippen LogP contribution in [0.5, 0.6) is 0 Å². The molecule has 63 valence electrons. The summed E-state index contributed by atoms with van der Waals surface area (Å²) in [4.78, 5) is 0. The molecule has 0 amide bonds. The smallest absolute Gasteiger partial charge is 0.123 e. The van der Waals surface area contributed by atoms with Gasteiger partial charge in [-0.2, -0.15) is 0 Å². The maximum atomic E-state index is 9.32. The van der Waals surface area contributed by atoms with Crippen LogP contribution in [0.2, 0.25) is 0 Å². The van der Waals surface area contributed by atoms with Crippen LogP contribution in [0, 0.1) is 12.3 Å². The van der Waals surface area contributed by atoms with Gasteiger partial charge in [-0.05, 0) is 26.2 Å². The van der Waals surface area contributed by atoms with E-state index in [1.807, 2.05) is 0 Å². The first kappa shape index (κ1) is 10.5. The Hall–Kier alpha value is -0.480. The van der Waals surface area contributed by atoms with Gasteiger partial charge in [0.1, 0.15) is 5.60 Å². The molecule has 0 heterocycles. The van der Waals surface area contributed by atoms with Crippen LogP contribution in [0.3, 0.4) is 0 Å². The van der Waals surface area contributed by atoms with Crippen molar-refractivity contribution in [1.82, 2.24) is 0 Å². The van der Waals surface area contributed by atoms with E-state index >= 15 is 0 Å². The Morgan fingerprint density at radius 3 is 2.45 bits per heavy atom. The van der Waals surface area contributed by atoms with Crippen molar-refractivity contribution >= 4 is 0 Å². The number of unbranched alkanes of at least 4 members (excludes halogenated alkanes) is 3. The number of rotatable bonds is 5. The van der Waals surface area contributed by atoms with E-state index in [0.717, 1.165) is 12.8 Å². The number of hydrogen-bond acceptors (Lipinski definition) is 1. The van der Waals surface area contributed by atoms with Gasteiger partial charge in [-0.3, -0.25) is 0 Å². The Bertz CT molecular complexity index is 130. The van der Waals surface area contributed by atoms with Gasteiger partial charge < -0.3 is 5.11 Å². The first-order valence-electron chi connectivity index (χ1n) is 4.28. The molecule has 1 nitrogen and oxygen atoms in total. The molecule has 0 aromatic heterocycles. The van der Waals surface area contributed by atoms with E-state index in [1.165, 1.54) is 12.8 Å². The van der Waals surface area contributed by atoms with Crippen LogP contribution in [0.25, 0.3) is 0 Å². The summed E-state index contributed by atoms with van der Waals surface area (Å²) in [6.45, 7) is 3.78. The minimum atomic E-state index is -0.992. The van der Waals surface area contributed by atoms with E-state index in [9.17, 15) is 5.11 Å². The third-order valence-electron chi connectivity index (χ3n) is 1.79.